The summed E-state index contributed by atoms with van der Waals surface area (Å²) >= 11 is 0.999. The topological polar surface area (TPSA) is 73.2 Å². The van der Waals surface area contributed by atoms with Crippen LogP contribution in [0, 0.1) is 11.3 Å². The molecule has 0 spiro atoms. The van der Waals surface area contributed by atoms with Crippen LogP contribution in [0.15, 0.2) is 16.3 Å². The minimum absolute atomic E-state index is 0.0532. The first kappa shape index (κ1) is 14.5. The van der Waals surface area contributed by atoms with E-state index in [1.165, 1.54) is 12.1 Å². The molecule has 1 saturated carbocycles. The summed E-state index contributed by atoms with van der Waals surface area (Å²) in [7, 11) is 0.455. The molecule has 1 aromatic heterocycles. The van der Waals surface area contributed by atoms with Crippen LogP contribution in [0.5, 0.6) is 0 Å². The van der Waals surface area contributed by atoms with Crippen LogP contribution in [0.1, 0.15) is 24.1 Å². The fourth-order valence-corrected chi connectivity index (χ4v) is 4.46. The molecule has 1 N–H and O–H groups in total. The molecule has 0 aromatic carbocycles. The van der Waals surface area contributed by atoms with Gasteiger partial charge in [-0.1, -0.05) is 0 Å². The van der Waals surface area contributed by atoms with Gasteiger partial charge in [0.05, 0.1) is 0 Å². The molecule has 2 rings (SSSR count). The maximum Gasteiger partial charge on any atom is 0.250 e. The molecule has 0 unspecified atom stereocenters. The van der Waals surface area contributed by atoms with Crippen LogP contribution in [0.25, 0.3) is 0 Å². The van der Waals surface area contributed by atoms with E-state index in [1.807, 2.05) is 20.2 Å². The monoisotopic (exact) mass is 299 g/mol. The Morgan fingerprint density at radius 1 is 1.47 bits per heavy atom. The van der Waals surface area contributed by atoms with Crippen LogP contribution in [0.4, 0.5) is 0 Å². The van der Waals surface area contributed by atoms with Gasteiger partial charge in [0.1, 0.15) is 15.2 Å². The van der Waals surface area contributed by atoms with Gasteiger partial charge >= 0.3 is 0 Å². The van der Waals surface area contributed by atoms with Crippen molar-refractivity contribution in [3.8, 4) is 6.07 Å². The molecule has 19 heavy (non-hydrogen) atoms. The number of nitriles is 1. The predicted octanol–water partition coefficient (Wildman–Crippen LogP) is 1.38. The molecule has 7 heteroatoms. The summed E-state index contributed by atoms with van der Waals surface area (Å²) in [5.41, 5.74) is -0.0532. The van der Waals surface area contributed by atoms with E-state index in [1.54, 1.807) is 0 Å². The van der Waals surface area contributed by atoms with E-state index in [9.17, 15) is 8.42 Å². The summed E-state index contributed by atoms with van der Waals surface area (Å²) in [6, 6.07) is 4.96. The van der Waals surface area contributed by atoms with Crippen molar-refractivity contribution in [2.45, 2.75) is 29.0 Å². The van der Waals surface area contributed by atoms with E-state index in [0.29, 0.717) is 11.4 Å². The summed E-state index contributed by atoms with van der Waals surface area (Å²) in [5, 5.41) is 8.73. The molecule has 5 nitrogen and oxygen atoms in total. The molecule has 0 bridgehead atoms. The minimum Gasteiger partial charge on any atom is -0.302 e. The van der Waals surface area contributed by atoms with Crippen molar-refractivity contribution in [1.82, 2.24) is 9.62 Å². The molecule has 1 fully saturated rings. The number of rotatable bonds is 5. The normalized spacial score (nSPS) is 18.0. The zero-order chi connectivity index (χ0) is 14.1. The van der Waals surface area contributed by atoms with Crippen LogP contribution in [-0.2, 0) is 10.0 Å². The van der Waals surface area contributed by atoms with Gasteiger partial charge in [-0.3, -0.25) is 0 Å². The average Bonchev–Trinajstić information content (AvgIpc) is 2.76. The molecule has 1 aliphatic carbocycles. The van der Waals surface area contributed by atoms with Gasteiger partial charge < -0.3 is 4.90 Å². The van der Waals surface area contributed by atoms with E-state index in [-0.39, 0.29) is 9.75 Å². The van der Waals surface area contributed by atoms with E-state index < -0.39 is 10.0 Å². The second-order valence-corrected chi connectivity index (χ2v) is 8.10. The van der Waals surface area contributed by atoms with Crippen molar-refractivity contribution in [2.75, 3.05) is 20.6 Å². The van der Waals surface area contributed by atoms with Crippen LogP contribution < -0.4 is 4.72 Å². The maximum atomic E-state index is 12.1. The Bertz CT molecular complexity index is 595. The van der Waals surface area contributed by atoms with Gasteiger partial charge in [0.25, 0.3) is 0 Å². The van der Waals surface area contributed by atoms with Crippen LogP contribution in [0.2, 0.25) is 0 Å². The Labute approximate surface area is 117 Å². The predicted molar refractivity (Wildman–Crippen MR) is 74.5 cm³/mol. The molecule has 0 amide bonds. The highest BCUT2D eigenvalue weighted by Gasteiger charge is 2.39. The van der Waals surface area contributed by atoms with Gasteiger partial charge in [-0.2, -0.15) is 5.26 Å². The minimum atomic E-state index is -3.50. The third-order valence-corrected chi connectivity index (χ3v) is 6.66. The summed E-state index contributed by atoms with van der Waals surface area (Å²) in [6.07, 6.45) is 3.16. The molecule has 0 atom stereocenters. The zero-order valence-corrected chi connectivity index (χ0v) is 12.6. The average molecular weight is 299 g/mol. The number of sulfonamides is 1. The number of nitrogens with zero attached hydrogens (tertiary/aromatic N) is 2. The van der Waals surface area contributed by atoms with E-state index in [2.05, 4.69) is 9.62 Å². The highest BCUT2D eigenvalue weighted by atomic mass is 32.2. The summed E-state index contributed by atoms with van der Waals surface area (Å²) < 4.78 is 27.2. The van der Waals surface area contributed by atoms with Gasteiger partial charge in [0.15, 0.2) is 0 Å². The zero-order valence-electron chi connectivity index (χ0n) is 11.0. The Balaban J connectivity index is 2.08. The van der Waals surface area contributed by atoms with Crippen molar-refractivity contribution in [3.05, 3.63) is 17.0 Å². The summed E-state index contributed by atoms with van der Waals surface area (Å²) in [5.74, 6) is 0. The van der Waals surface area contributed by atoms with Gasteiger partial charge in [-0.25, -0.2) is 13.1 Å². The fraction of sp³-hybridized carbons (Fsp3) is 0.583. The Morgan fingerprint density at radius 3 is 2.58 bits per heavy atom. The lowest BCUT2D eigenvalue weighted by molar-refractivity contribution is 0.0657. The van der Waals surface area contributed by atoms with E-state index >= 15 is 0 Å². The van der Waals surface area contributed by atoms with Crippen molar-refractivity contribution in [1.29, 1.82) is 5.26 Å². The maximum absolute atomic E-state index is 12.1. The van der Waals surface area contributed by atoms with E-state index in [0.717, 1.165) is 30.6 Å². The highest BCUT2D eigenvalue weighted by Crippen LogP contribution is 2.35. The standard InChI is InChI=1S/C12H17N3O2S2/c1-15(2)12(6-3-7-12)9-14-19(16,17)11-5-4-10(8-13)18-11/h4-5,14H,3,6-7,9H2,1-2H3. The molecule has 104 valence electrons. The lowest BCUT2D eigenvalue weighted by Gasteiger charge is -2.47. The molecule has 0 radical (unpaired) electrons. The smallest absolute Gasteiger partial charge is 0.250 e. The number of likely N-dealkylation sites (N-methyl/N-ethyl adjacent to an activating group) is 1. The SMILES string of the molecule is CN(C)C1(CNS(=O)(=O)c2ccc(C#N)s2)CCC1. The van der Waals surface area contributed by atoms with Gasteiger partial charge in [-0.15, -0.1) is 11.3 Å². The third-order valence-electron chi connectivity index (χ3n) is 3.78. The molecular formula is C12H17N3O2S2. The summed E-state index contributed by atoms with van der Waals surface area (Å²) in [6.45, 7) is 0.419. The Hall–Kier alpha value is -0.940. The van der Waals surface area contributed by atoms with Crippen molar-refractivity contribution >= 4 is 21.4 Å². The third kappa shape index (κ3) is 2.82. The first-order valence-corrected chi connectivity index (χ1v) is 8.37. The Morgan fingerprint density at radius 2 is 2.16 bits per heavy atom. The number of hydrogen-bond acceptors (Lipinski definition) is 5. The molecule has 0 saturated heterocycles. The molecule has 1 aliphatic rings. The molecular weight excluding hydrogens is 282 g/mol. The van der Waals surface area contributed by atoms with Crippen molar-refractivity contribution < 1.29 is 8.42 Å². The van der Waals surface area contributed by atoms with Gasteiger partial charge in [-0.05, 0) is 45.5 Å². The molecule has 0 aliphatic heterocycles. The van der Waals surface area contributed by atoms with Crippen LogP contribution in [0.3, 0.4) is 0 Å². The number of hydrogen-bond donors (Lipinski definition) is 1. The lowest BCUT2D eigenvalue weighted by atomic mass is 9.76. The quantitative estimate of drug-likeness (QED) is 0.891. The van der Waals surface area contributed by atoms with Gasteiger partial charge in [0, 0.05) is 12.1 Å². The van der Waals surface area contributed by atoms with Crippen molar-refractivity contribution in [2.24, 2.45) is 0 Å². The first-order chi connectivity index (χ1) is 8.89. The molecule has 1 aromatic rings. The summed E-state index contributed by atoms with van der Waals surface area (Å²) in [4.78, 5) is 2.50. The highest BCUT2D eigenvalue weighted by molar-refractivity contribution is 7.91. The van der Waals surface area contributed by atoms with Crippen LogP contribution in [-0.4, -0.2) is 39.5 Å². The van der Waals surface area contributed by atoms with Crippen molar-refractivity contribution in [3.63, 3.8) is 0 Å². The van der Waals surface area contributed by atoms with E-state index in [4.69, 9.17) is 5.26 Å². The second kappa shape index (κ2) is 5.21. The first-order valence-electron chi connectivity index (χ1n) is 6.07. The fourth-order valence-electron chi connectivity index (χ4n) is 2.19. The second-order valence-electron chi connectivity index (χ2n) is 5.03. The largest absolute Gasteiger partial charge is 0.302 e. The lowest BCUT2D eigenvalue weighted by Crippen LogP contribution is -2.57. The number of nitrogens with one attached hydrogen (secondary N) is 1. The Kier molecular flexibility index (Phi) is 3.97. The van der Waals surface area contributed by atoms with Gasteiger partial charge in [0.2, 0.25) is 10.0 Å². The molecule has 1 heterocycles. The van der Waals surface area contributed by atoms with Crippen LogP contribution >= 0.6 is 11.3 Å². The number of thiophene rings is 1.